The fraction of sp³-hybridized carbons (Fsp3) is 0.659. The molecule has 0 aliphatic heterocycles. The van der Waals surface area contributed by atoms with Gasteiger partial charge in [-0.3, -0.25) is 9.59 Å². The molecule has 0 fully saturated rings. The molecule has 0 aliphatic rings. The number of carboxylic acid groups (broad SMARTS) is 1. The minimum Gasteiger partial charge on any atom is -0.477 e. The Morgan fingerprint density at radius 2 is 1.04 bits per heavy atom. The normalized spacial score (nSPS) is 13.8. The summed E-state index contributed by atoms with van der Waals surface area (Å²) < 4.78 is 17.0. The molecule has 0 aromatic rings. The summed E-state index contributed by atoms with van der Waals surface area (Å²) in [5, 5.41) is 9.57. The zero-order chi connectivity index (χ0) is 38.5. The first-order valence-corrected chi connectivity index (χ1v) is 20.0. The molecule has 0 spiro atoms. The molecule has 1 N–H and O–H groups in total. The SMILES string of the molecule is CCCCC/C=C/C/C=C/C/C=C/C/C=C/C/C=C/CCCCC(=O)OC(COCCC(C(=O)O)[N+](C)(C)C)COC(=O)CC/C=C/CCCCC. The second-order valence-electron chi connectivity index (χ2n) is 14.2. The largest absolute Gasteiger partial charge is 0.477 e. The summed E-state index contributed by atoms with van der Waals surface area (Å²) in [5.74, 6) is -1.61. The van der Waals surface area contributed by atoms with E-state index in [1.54, 1.807) is 0 Å². The van der Waals surface area contributed by atoms with Gasteiger partial charge in [0.25, 0.3) is 0 Å². The van der Waals surface area contributed by atoms with Gasteiger partial charge in [0.05, 0.1) is 34.4 Å². The number of unbranched alkanes of at least 4 members (excludes halogenated alkanes) is 8. The van der Waals surface area contributed by atoms with Crippen LogP contribution in [-0.4, -0.2) is 80.6 Å². The van der Waals surface area contributed by atoms with Gasteiger partial charge in [0, 0.05) is 19.3 Å². The van der Waals surface area contributed by atoms with E-state index >= 15 is 0 Å². The van der Waals surface area contributed by atoms with Crippen LogP contribution in [0.5, 0.6) is 0 Å². The molecule has 2 unspecified atom stereocenters. The quantitative estimate of drug-likeness (QED) is 0.0305. The molecule has 0 radical (unpaired) electrons. The summed E-state index contributed by atoms with van der Waals surface area (Å²) in [4.78, 5) is 36.6. The van der Waals surface area contributed by atoms with E-state index in [-0.39, 0.29) is 49.1 Å². The lowest BCUT2D eigenvalue weighted by Gasteiger charge is -2.31. The van der Waals surface area contributed by atoms with Crippen molar-refractivity contribution in [3.8, 4) is 0 Å². The van der Waals surface area contributed by atoms with E-state index in [0.29, 0.717) is 19.3 Å². The number of nitrogens with zero attached hydrogens (tertiary/aromatic N) is 1. The molecule has 0 aliphatic carbocycles. The predicted octanol–water partition coefficient (Wildman–Crippen LogP) is 10.4. The van der Waals surface area contributed by atoms with Crippen molar-refractivity contribution in [2.24, 2.45) is 0 Å². The van der Waals surface area contributed by atoms with Crippen LogP contribution in [0.2, 0.25) is 0 Å². The highest BCUT2D eigenvalue weighted by Crippen LogP contribution is 2.11. The van der Waals surface area contributed by atoms with Gasteiger partial charge >= 0.3 is 17.9 Å². The summed E-state index contributed by atoms with van der Waals surface area (Å²) in [6.45, 7) is 4.52. The predicted molar refractivity (Wildman–Crippen MR) is 215 cm³/mol. The van der Waals surface area contributed by atoms with Crippen molar-refractivity contribution in [2.45, 2.75) is 148 Å². The van der Waals surface area contributed by atoms with Crippen molar-refractivity contribution < 1.29 is 38.2 Å². The van der Waals surface area contributed by atoms with Crippen LogP contribution >= 0.6 is 0 Å². The van der Waals surface area contributed by atoms with Gasteiger partial charge in [-0.25, -0.2) is 4.79 Å². The molecule has 0 aromatic carbocycles. The number of carbonyl (C=O) groups is 3. The molecule has 8 heteroatoms. The Morgan fingerprint density at radius 3 is 1.52 bits per heavy atom. The zero-order valence-electron chi connectivity index (χ0n) is 33.5. The van der Waals surface area contributed by atoms with Gasteiger partial charge in [-0.1, -0.05) is 112 Å². The van der Waals surface area contributed by atoms with Crippen LogP contribution in [0.25, 0.3) is 0 Å². The summed E-state index contributed by atoms with van der Waals surface area (Å²) in [6, 6.07) is -0.628. The maximum absolute atomic E-state index is 12.6. The van der Waals surface area contributed by atoms with E-state index in [0.717, 1.165) is 51.4 Å². The number of esters is 2. The molecular formula is C44H74NO7+. The molecule has 0 heterocycles. The molecule has 0 amide bonds. The summed E-state index contributed by atoms with van der Waals surface area (Å²) in [6.07, 6.45) is 42.7. The third-order valence-corrected chi connectivity index (χ3v) is 8.34. The van der Waals surface area contributed by atoms with Gasteiger partial charge in [-0.2, -0.15) is 0 Å². The number of ether oxygens (including phenoxy) is 3. The lowest BCUT2D eigenvalue weighted by Crippen LogP contribution is -2.50. The van der Waals surface area contributed by atoms with E-state index in [1.165, 1.54) is 38.5 Å². The Morgan fingerprint density at radius 1 is 0.577 bits per heavy atom. The number of hydrogen-bond donors (Lipinski definition) is 1. The molecule has 0 aromatic heterocycles. The smallest absolute Gasteiger partial charge is 0.362 e. The second-order valence-corrected chi connectivity index (χ2v) is 14.2. The highest BCUT2D eigenvalue weighted by molar-refractivity contribution is 5.72. The van der Waals surface area contributed by atoms with Crippen LogP contribution in [-0.2, 0) is 28.6 Å². The van der Waals surface area contributed by atoms with Gasteiger partial charge in [0.2, 0.25) is 0 Å². The van der Waals surface area contributed by atoms with Crippen LogP contribution < -0.4 is 0 Å². The Bertz CT molecular complexity index is 1080. The van der Waals surface area contributed by atoms with E-state index in [9.17, 15) is 19.5 Å². The number of aliphatic carboxylic acids is 1. The topological polar surface area (TPSA) is 99.1 Å². The fourth-order valence-corrected chi connectivity index (χ4v) is 5.18. The number of carboxylic acids is 1. The number of rotatable bonds is 34. The number of carbonyl (C=O) groups excluding carboxylic acids is 2. The van der Waals surface area contributed by atoms with Crippen LogP contribution in [0.3, 0.4) is 0 Å². The van der Waals surface area contributed by atoms with Gasteiger partial charge in [0.15, 0.2) is 12.1 Å². The molecule has 296 valence electrons. The van der Waals surface area contributed by atoms with Crippen LogP contribution in [0, 0.1) is 0 Å². The van der Waals surface area contributed by atoms with Crippen molar-refractivity contribution >= 4 is 17.9 Å². The van der Waals surface area contributed by atoms with Gasteiger partial charge < -0.3 is 23.8 Å². The average molecular weight is 729 g/mol. The van der Waals surface area contributed by atoms with Crippen LogP contribution in [0.15, 0.2) is 72.9 Å². The molecular weight excluding hydrogens is 654 g/mol. The second kappa shape index (κ2) is 34.8. The highest BCUT2D eigenvalue weighted by atomic mass is 16.6. The first kappa shape index (κ1) is 48.8. The molecule has 0 saturated carbocycles. The summed E-state index contributed by atoms with van der Waals surface area (Å²) in [7, 11) is 5.48. The van der Waals surface area contributed by atoms with Crippen molar-refractivity contribution in [3.05, 3.63) is 72.9 Å². The first-order valence-electron chi connectivity index (χ1n) is 20.0. The number of allylic oxidation sites excluding steroid dienone is 12. The Labute approximate surface area is 317 Å². The Balaban J connectivity index is 4.44. The van der Waals surface area contributed by atoms with Crippen LogP contribution in [0.1, 0.15) is 136 Å². The van der Waals surface area contributed by atoms with E-state index in [2.05, 4.69) is 80.7 Å². The Hall–Kier alpha value is -3.23. The average Bonchev–Trinajstić information content (AvgIpc) is 3.09. The van der Waals surface area contributed by atoms with Crippen molar-refractivity contribution in [1.82, 2.24) is 0 Å². The Kier molecular flexibility index (Phi) is 32.7. The number of likely N-dealkylation sites (N-methyl/N-ethyl adjacent to an activating group) is 1. The lowest BCUT2D eigenvalue weighted by molar-refractivity contribution is -0.887. The third-order valence-electron chi connectivity index (χ3n) is 8.34. The van der Waals surface area contributed by atoms with Gasteiger partial charge in [-0.15, -0.1) is 0 Å². The molecule has 52 heavy (non-hydrogen) atoms. The fourth-order valence-electron chi connectivity index (χ4n) is 5.18. The monoisotopic (exact) mass is 729 g/mol. The van der Waals surface area contributed by atoms with E-state index in [1.807, 2.05) is 27.2 Å². The zero-order valence-corrected chi connectivity index (χ0v) is 33.5. The maximum Gasteiger partial charge on any atom is 0.362 e. The number of hydrogen-bond acceptors (Lipinski definition) is 6. The first-order chi connectivity index (χ1) is 25.1. The number of quaternary nitrogens is 1. The lowest BCUT2D eigenvalue weighted by atomic mass is 10.1. The van der Waals surface area contributed by atoms with Crippen LogP contribution in [0.4, 0.5) is 0 Å². The highest BCUT2D eigenvalue weighted by Gasteiger charge is 2.31. The maximum atomic E-state index is 12.6. The molecule has 0 saturated heterocycles. The third kappa shape index (κ3) is 32.7. The van der Waals surface area contributed by atoms with Crippen molar-refractivity contribution in [1.29, 1.82) is 0 Å². The molecule has 2 atom stereocenters. The van der Waals surface area contributed by atoms with Crippen molar-refractivity contribution in [2.75, 3.05) is 41.0 Å². The molecule has 8 nitrogen and oxygen atoms in total. The van der Waals surface area contributed by atoms with E-state index < -0.39 is 18.1 Å². The summed E-state index contributed by atoms with van der Waals surface area (Å²) >= 11 is 0. The molecule has 0 bridgehead atoms. The van der Waals surface area contributed by atoms with E-state index in [4.69, 9.17) is 14.2 Å². The molecule has 0 rings (SSSR count). The van der Waals surface area contributed by atoms with Gasteiger partial charge in [-0.05, 0) is 77.0 Å². The van der Waals surface area contributed by atoms with Crippen molar-refractivity contribution in [3.63, 3.8) is 0 Å². The summed E-state index contributed by atoms with van der Waals surface area (Å²) in [5.41, 5.74) is 0. The minimum absolute atomic E-state index is 0.0278. The standard InChI is InChI=1S/C44H73NO7/c1-6-8-10-12-14-15-16-17-18-19-20-21-22-23-24-25-26-27-29-31-33-35-43(47)52-40(38-50-37-36-41(44(48)49)45(3,4)5)39-51-42(46)34-32-30-28-13-11-9-7-2/h14-15,17-18,20-21,23-24,26-28,30,40-41H,6-13,16,19,22,25,29,31-39H2,1-5H3/p+1/b15-14+,18-17+,21-20+,24-23+,27-26+,30-28+. The minimum atomic E-state index is -0.891. The van der Waals surface area contributed by atoms with Gasteiger partial charge in [0.1, 0.15) is 6.61 Å².